The maximum Gasteiger partial charge on any atom is 0.0603 e. The molecule has 0 aliphatic carbocycles. The van der Waals surface area contributed by atoms with Crippen LogP contribution in [0.3, 0.4) is 0 Å². The molecule has 1 aliphatic rings. The van der Waals surface area contributed by atoms with Crippen LogP contribution < -0.4 is 15.1 Å². The summed E-state index contributed by atoms with van der Waals surface area (Å²) in [4.78, 5) is 4.95. The molecule has 3 rings (SSSR count). The summed E-state index contributed by atoms with van der Waals surface area (Å²) in [6, 6.07) is 19.3. The number of piperazine rings is 1. The van der Waals surface area contributed by atoms with Crippen LogP contribution in [0.5, 0.6) is 0 Å². The predicted octanol–water partition coefficient (Wildman–Crippen LogP) is 3.45. The number of anilines is 3. The molecule has 2 aromatic rings. The minimum atomic E-state index is 0.959. The molecule has 0 atom stereocenters. The van der Waals surface area contributed by atoms with E-state index < -0.39 is 0 Å². The van der Waals surface area contributed by atoms with Gasteiger partial charge in [-0.15, -0.1) is 0 Å². The molecular weight excluding hydrogens is 258 g/mol. The van der Waals surface area contributed by atoms with E-state index >= 15 is 0 Å². The third kappa shape index (κ3) is 3.13. The Kier molecular flexibility index (Phi) is 4.29. The van der Waals surface area contributed by atoms with Gasteiger partial charge in [0.1, 0.15) is 0 Å². The summed E-state index contributed by atoms with van der Waals surface area (Å²) in [6.07, 6.45) is 0. The van der Waals surface area contributed by atoms with Crippen LogP contribution in [0.1, 0.15) is 6.92 Å². The number of hydrogen-bond acceptors (Lipinski definition) is 3. The zero-order chi connectivity index (χ0) is 14.5. The van der Waals surface area contributed by atoms with Crippen LogP contribution in [-0.4, -0.2) is 32.7 Å². The Bertz CT molecular complexity index is 560. The van der Waals surface area contributed by atoms with Gasteiger partial charge in [-0.1, -0.05) is 30.3 Å². The molecule has 1 aliphatic heterocycles. The topological polar surface area (TPSA) is 18.5 Å². The van der Waals surface area contributed by atoms with Gasteiger partial charge in [-0.3, -0.25) is 0 Å². The van der Waals surface area contributed by atoms with E-state index in [0.717, 1.165) is 32.7 Å². The van der Waals surface area contributed by atoms with Gasteiger partial charge in [0.05, 0.1) is 11.4 Å². The van der Waals surface area contributed by atoms with Crippen molar-refractivity contribution in [3.63, 3.8) is 0 Å². The Labute approximate surface area is 127 Å². The fourth-order valence-electron chi connectivity index (χ4n) is 2.93. The van der Waals surface area contributed by atoms with Crippen molar-refractivity contribution < 1.29 is 0 Å². The van der Waals surface area contributed by atoms with E-state index in [1.54, 1.807) is 0 Å². The Morgan fingerprint density at radius 2 is 1.43 bits per heavy atom. The monoisotopic (exact) mass is 281 g/mol. The van der Waals surface area contributed by atoms with Crippen molar-refractivity contribution in [3.8, 4) is 0 Å². The Morgan fingerprint density at radius 1 is 0.810 bits per heavy atom. The molecule has 0 unspecified atom stereocenters. The molecule has 1 N–H and O–H groups in total. The number of hydrogen-bond donors (Lipinski definition) is 1. The highest BCUT2D eigenvalue weighted by Gasteiger charge is 2.18. The largest absolute Gasteiger partial charge is 0.384 e. The van der Waals surface area contributed by atoms with Crippen molar-refractivity contribution in [2.75, 3.05) is 47.8 Å². The third-order valence-corrected chi connectivity index (χ3v) is 4.01. The summed E-state index contributed by atoms with van der Waals surface area (Å²) in [5.41, 5.74) is 3.90. The number of nitrogens with zero attached hydrogens (tertiary/aromatic N) is 2. The zero-order valence-corrected chi connectivity index (χ0v) is 12.6. The van der Waals surface area contributed by atoms with Gasteiger partial charge in [0, 0.05) is 38.4 Å². The Morgan fingerprint density at radius 3 is 2.14 bits per heavy atom. The molecule has 110 valence electrons. The lowest BCUT2D eigenvalue weighted by Gasteiger charge is -2.38. The molecule has 1 heterocycles. The molecule has 0 aromatic heterocycles. The van der Waals surface area contributed by atoms with Gasteiger partial charge in [-0.2, -0.15) is 0 Å². The summed E-state index contributed by atoms with van der Waals surface area (Å²) in [7, 11) is 0. The average molecular weight is 281 g/mol. The second-order valence-electron chi connectivity index (χ2n) is 5.36. The number of nitrogens with one attached hydrogen (secondary N) is 1. The molecule has 3 nitrogen and oxygen atoms in total. The third-order valence-electron chi connectivity index (χ3n) is 4.01. The van der Waals surface area contributed by atoms with E-state index in [2.05, 4.69) is 76.6 Å². The lowest BCUT2D eigenvalue weighted by molar-refractivity contribution is 0.654. The molecule has 21 heavy (non-hydrogen) atoms. The van der Waals surface area contributed by atoms with Crippen LogP contribution in [0, 0.1) is 0 Å². The molecule has 0 saturated carbocycles. The zero-order valence-electron chi connectivity index (χ0n) is 12.6. The summed E-state index contributed by atoms with van der Waals surface area (Å²) in [5.74, 6) is 0. The van der Waals surface area contributed by atoms with E-state index in [1.165, 1.54) is 17.1 Å². The van der Waals surface area contributed by atoms with Crippen LogP contribution in [0.4, 0.5) is 17.1 Å². The number of benzene rings is 2. The molecular formula is C18H23N3. The maximum absolute atomic E-state index is 3.46. The Balaban J connectivity index is 1.69. The molecule has 0 amide bonds. The lowest BCUT2D eigenvalue weighted by atomic mass is 10.2. The quantitative estimate of drug-likeness (QED) is 0.926. The van der Waals surface area contributed by atoms with Crippen molar-refractivity contribution in [2.24, 2.45) is 0 Å². The van der Waals surface area contributed by atoms with Crippen LogP contribution in [0.15, 0.2) is 54.6 Å². The highest BCUT2D eigenvalue weighted by Crippen LogP contribution is 2.27. The maximum atomic E-state index is 3.46. The van der Waals surface area contributed by atoms with E-state index in [9.17, 15) is 0 Å². The molecule has 0 radical (unpaired) electrons. The van der Waals surface area contributed by atoms with Crippen molar-refractivity contribution >= 4 is 17.1 Å². The van der Waals surface area contributed by atoms with Crippen molar-refractivity contribution in [1.82, 2.24) is 0 Å². The fraction of sp³-hybridized carbons (Fsp3) is 0.333. The normalized spacial score (nSPS) is 15.1. The van der Waals surface area contributed by atoms with Crippen LogP contribution in [0.25, 0.3) is 0 Å². The molecule has 2 aromatic carbocycles. The van der Waals surface area contributed by atoms with E-state index in [0.29, 0.717) is 0 Å². The smallest absolute Gasteiger partial charge is 0.0603 e. The van der Waals surface area contributed by atoms with E-state index in [-0.39, 0.29) is 0 Å². The average Bonchev–Trinajstić information content (AvgIpc) is 2.57. The minimum Gasteiger partial charge on any atom is -0.384 e. The first-order valence-electron chi connectivity index (χ1n) is 7.76. The molecule has 1 fully saturated rings. The van der Waals surface area contributed by atoms with Crippen LogP contribution in [0.2, 0.25) is 0 Å². The number of rotatable bonds is 4. The van der Waals surface area contributed by atoms with Gasteiger partial charge in [0.2, 0.25) is 0 Å². The second-order valence-corrected chi connectivity index (χ2v) is 5.36. The standard InChI is InChI=1S/C18H23N3/c1-2-19-17-10-6-7-11-18(17)21-14-12-20(13-15-21)16-8-4-3-5-9-16/h3-11,19H,2,12-15H2,1H3. The summed E-state index contributed by atoms with van der Waals surface area (Å²) < 4.78 is 0. The van der Waals surface area contributed by atoms with Gasteiger partial charge in [0.25, 0.3) is 0 Å². The van der Waals surface area contributed by atoms with Crippen molar-refractivity contribution in [3.05, 3.63) is 54.6 Å². The first-order chi connectivity index (χ1) is 10.4. The van der Waals surface area contributed by atoms with Crippen molar-refractivity contribution in [1.29, 1.82) is 0 Å². The van der Waals surface area contributed by atoms with Gasteiger partial charge in [-0.05, 0) is 31.2 Å². The Hall–Kier alpha value is -2.16. The van der Waals surface area contributed by atoms with Crippen LogP contribution in [-0.2, 0) is 0 Å². The summed E-state index contributed by atoms with van der Waals surface area (Å²) in [6.45, 7) is 7.38. The van der Waals surface area contributed by atoms with Gasteiger partial charge < -0.3 is 15.1 Å². The predicted molar refractivity (Wildman–Crippen MR) is 91.5 cm³/mol. The number of para-hydroxylation sites is 3. The van der Waals surface area contributed by atoms with Gasteiger partial charge in [-0.25, -0.2) is 0 Å². The highest BCUT2D eigenvalue weighted by atomic mass is 15.3. The summed E-state index contributed by atoms with van der Waals surface area (Å²) >= 11 is 0. The molecule has 3 heteroatoms. The fourth-order valence-corrected chi connectivity index (χ4v) is 2.93. The van der Waals surface area contributed by atoms with Crippen LogP contribution >= 0.6 is 0 Å². The van der Waals surface area contributed by atoms with Crippen molar-refractivity contribution in [2.45, 2.75) is 6.92 Å². The first-order valence-corrected chi connectivity index (χ1v) is 7.76. The molecule has 0 bridgehead atoms. The molecule has 1 saturated heterocycles. The highest BCUT2D eigenvalue weighted by molar-refractivity contribution is 5.70. The first kappa shape index (κ1) is 13.8. The van der Waals surface area contributed by atoms with Gasteiger partial charge in [0.15, 0.2) is 0 Å². The molecule has 0 spiro atoms. The van der Waals surface area contributed by atoms with E-state index in [1.807, 2.05) is 0 Å². The summed E-state index contributed by atoms with van der Waals surface area (Å²) in [5, 5.41) is 3.46. The minimum absolute atomic E-state index is 0.959. The lowest BCUT2D eigenvalue weighted by Crippen LogP contribution is -2.46. The van der Waals surface area contributed by atoms with Gasteiger partial charge >= 0.3 is 0 Å². The second kappa shape index (κ2) is 6.53. The van der Waals surface area contributed by atoms with E-state index in [4.69, 9.17) is 0 Å². The SMILES string of the molecule is CCNc1ccccc1N1CCN(c2ccccc2)CC1.